The normalized spacial score (nSPS) is 11.4. The molecule has 0 aliphatic carbocycles. The molecule has 1 N–H and O–H groups in total. The maximum Gasteiger partial charge on any atom is 0.257 e. The Hall–Kier alpha value is -2.26. The van der Waals surface area contributed by atoms with Crippen molar-refractivity contribution in [3.05, 3.63) is 41.9 Å². The number of nitrogens with zero attached hydrogens (tertiary/aromatic N) is 4. The van der Waals surface area contributed by atoms with E-state index in [4.69, 9.17) is 0 Å². The first kappa shape index (κ1) is 17.1. The summed E-state index contributed by atoms with van der Waals surface area (Å²) in [5.41, 5.74) is 1.25. The molecule has 124 valence electrons. The van der Waals surface area contributed by atoms with Crippen molar-refractivity contribution in [3.63, 3.8) is 0 Å². The van der Waals surface area contributed by atoms with Crippen molar-refractivity contribution in [2.24, 2.45) is 0 Å². The Labute approximate surface area is 135 Å². The molecule has 0 spiro atoms. The highest BCUT2D eigenvalue weighted by Gasteiger charge is 2.17. The summed E-state index contributed by atoms with van der Waals surface area (Å²) in [5, 5.41) is 4.04. The van der Waals surface area contributed by atoms with Crippen LogP contribution in [0.2, 0.25) is 0 Å². The number of pyridine rings is 1. The molecule has 0 fully saturated rings. The summed E-state index contributed by atoms with van der Waals surface area (Å²) in [6, 6.07) is 4.62. The van der Waals surface area contributed by atoms with E-state index in [1.54, 1.807) is 13.2 Å². The highest BCUT2D eigenvalue weighted by Crippen LogP contribution is 2.10. The third kappa shape index (κ3) is 3.74. The van der Waals surface area contributed by atoms with E-state index in [0.29, 0.717) is 12.1 Å². The van der Waals surface area contributed by atoms with Gasteiger partial charge in [0, 0.05) is 26.0 Å². The fourth-order valence-corrected chi connectivity index (χ4v) is 2.73. The summed E-state index contributed by atoms with van der Waals surface area (Å²) < 4.78 is 27.2. The molecule has 0 unspecified atom stereocenters. The van der Waals surface area contributed by atoms with E-state index >= 15 is 0 Å². The number of carbonyl (C=O) groups is 1. The van der Waals surface area contributed by atoms with Gasteiger partial charge in [-0.2, -0.15) is 5.10 Å². The maximum atomic E-state index is 12.4. The van der Waals surface area contributed by atoms with Crippen LogP contribution in [0.1, 0.15) is 23.0 Å². The number of hydrogen-bond donors (Lipinski definition) is 1. The zero-order valence-electron chi connectivity index (χ0n) is 13.2. The van der Waals surface area contributed by atoms with E-state index < -0.39 is 10.0 Å². The van der Waals surface area contributed by atoms with Crippen LogP contribution in [0.3, 0.4) is 0 Å². The molecule has 0 saturated carbocycles. The minimum Gasteiger partial charge on any atom is -0.336 e. The van der Waals surface area contributed by atoms with Gasteiger partial charge in [-0.3, -0.25) is 9.48 Å². The van der Waals surface area contributed by atoms with Gasteiger partial charge < -0.3 is 4.90 Å². The van der Waals surface area contributed by atoms with Crippen LogP contribution in [0.4, 0.5) is 0 Å². The Balaban J connectivity index is 2.14. The number of carbonyl (C=O) groups excluding carboxylic acids is 1. The number of sulfonamides is 1. The predicted molar refractivity (Wildman–Crippen MR) is 84.2 cm³/mol. The molecule has 2 rings (SSSR count). The zero-order chi connectivity index (χ0) is 17.0. The van der Waals surface area contributed by atoms with E-state index in [2.05, 4.69) is 14.8 Å². The molecule has 0 aliphatic rings. The molecule has 2 aromatic heterocycles. The molecule has 9 heteroatoms. The Morgan fingerprint density at radius 2 is 2.09 bits per heavy atom. The summed E-state index contributed by atoms with van der Waals surface area (Å²) in [4.78, 5) is 17.8. The molecule has 0 aliphatic heterocycles. The van der Waals surface area contributed by atoms with Crippen LogP contribution >= 0.6 is 0 Å². The van der Waals surface area contributed by atoms with Gasteiger partial charge in [-0.1, -0.05) is 0 Å². The summed E-state index contributed by atoms with van der Waals surface area (Å²) in [6.45, 7) is 3.11. The van der Waals surface area contributed by atoms with Crippen molar-refractivity contribution in [1.82, 2.24) is 24.4 Å². The number of aromatic nitrogens is 3. The van der Waals surface area contributed by atoms with Gasteiger partial charge >= 0.3 is 0 Å². The van der Waals surface area contributed by atoms with Crippen molar-refractivity contribution < 1.29 is 13.2 Å². The fraction of sp³-hybridized carbons (Fsp3) is 0.357. The van der Waals surface area contributed by atoms with E-state index in [9.17, 15) is 13.2 Å². The predicted octanol–water partition coefficient (Wildman–Crippen LogP) is 0.478. The van der Waals surface area contributed by atoms with E-state index in [-0.39, 0.29) is 10.9 Å². The Bertz CT molecular complexity index is 783. The Morgan fingerprint density at radius 3 is 2.65 bits per heavy atom. The van der Waals surface area contributed by atoms with Crippen LogP contribution in [-0.2, 0) is 23.1 Å². The van der Waals surface area contributed by atoms with Gasteiger partial charge in [-0.15, -0.1) is 0 Å². The van der Waals surface area contributed by atoms with Crippen LogP contribution in [0.15, 0.2) is 35.6 Å². The molecular weight excluding hydrogens is 318 g/mol. The smallest absolute Gasteiger partial charge is 0.257 e. The molecule has 1 amide bonds. The average molecular weight is 337 g/mol. The minimum atomic E-state index is -3.61. The second-order valence-electron chi connectivity index (χ2n) is 4.89. The molecule has 0 radical (unpaired) electrons. The van der Waals surface area contributed by atoms with Crippen LogP contribution < -0.4 is 4.72 Å². The molecule has 2 heterocycles. The van der Waals surface area contributed by atoms with Crippen LogP contribution in [0.25, 0.3) is 0 Å². The van der Waals surface area contributed by atoms with Gasteiger partial charge in [-0.25, -0.2) is 18.1 Å². The number of amides is 1. The maximum absolute atomic E-state index is 12.4. The highest BCUT2D eigenvalue weighted by atomic mass is 32.2. The number of rotatable bonds is 6. The lowest BCUT2D eigenvalue weighted by molar-refractivity contribution is 0.0781. The largest absolute Gasteiger partial charge is 0.336 e. The lowest BCUT2D eigenvalue weighted by Crippen LogP contribution is -2.28. The first-order chi connectivity index (χ1) is 10.9. The van der Waals surface area contributed by atoms with Gasteiger partial charge in [0.25, 0.3) is 15.9 Å². The van der Waals surface area contributed by atoms with Gasteiger partial charge in [0.2, 0.25) is 0 Å². The lowest BCUT2D eigenvalue weighted by atomic mass is 10.2. The molecular formula is C14H19N5O3S. The van der Waals surface area contributed by atoms with E-state index in [0.717, 1.165) is 12.2 Å². The third-order valence-electron chi connectivity index (χ3n) is 3.38. The first-order valence-corrected chi connectivity index (χ1v) is 8.53. The summed E-state index contributed by atoms with van der Waals surface area (Å²) in [7, 11) is -0.628. The Morgan fingerprint density at radius 1 is 1.35 bits per heavy atom. The third-order valence-corrected chi connectivity index (χ3v) is 4.71. The van der Waals surface area contributed by atoms with Crippen molar-refractivity contribution in [2.75, 3.05) is 14.1 Å². The van der Waals surface area contributed by atoms with Crippen LogP contribution in [0.5, 0.6) is 0 Å². The fourth-order valence-electron chi connectivity index (χ4n) is 2.08. The summed E-state index contributed by atoms with van der Waals surface area (Å²) >= 11 is 0. The molecule has 0 bridgehead atoms. The van der Waals surface area contributed by atoms with Crippen molar-refractivity contribution in [3.8, 4) is 0 Å². The lowest BCUT2D eigenvalue weighted by Gasteiger charge is -2.17. The van der Waals surface area contributed by atoms with Gasteiger partial charge in [0.1, 0.15) is 0 Å². The molecule has 0 saturated heterocycles. The second kappa shape index (κ2) is 6.88. The monoisotopic (exact) mass is 337 g/mol. The second-order valence-corrected chi connectivity index (χ2v) is 6.73. The average Bonchev–Trinajstić information content (AvgIpc) is 3.01. The molecule has 23 heavy (non-hydrogen) atoms. The first-order valence-electron chi connectivity index (χ1n) is 7.04. The minimum absolute atomic E-state index is 0.122. The van der Waals surface area contributed by atoms with Crippen molar-refractivity contribution >= 4 is 15.9 Å². The highest BCUT2D eigenvalue weighted by molar-refractivity contribution is 7.89. The number of nitrogens with one attached hydrogen (secondary N) is 1. The van der Waals surface area contributed by atoms with E-state index in [1.165, 1.54) is 30.3 Å². The Kier molecular flexibility index (Phi) is 5.12. The van der Waals surface area contributed by atoms with E-state index in [1.807, 2.05) is 17.7 Å². The molecule has 0 atom stereocenters. The number of aryl methyl sites for hydroxylation is 1. The summed E-state index contributed by atoms with van der Waals surface area (Å²) in [5.74, 6) is -0.241. The van der Waals surface area contributed by atoms with Gasteiger partial charge in [0.05, 0.1) is 17.8 Å². The zero-order valence-corrected chi connectivity index (χ0v) is 14.0. The molecule has 2 aromatic rings. The standard InChI is InChI=1S/C14H19N5O3S/c1-4-19-12(7-8-17-19)10-18(3)14(20)11-5-6-13(16-9-11)23(21,22)15-2/h5-9,15H,4,10H2,1-3H3. The topological polar surface area (TPSA) is 97.2 Å². The SMILES string of the molecule is CCn1nccc1CN(C)C(=O)c1ccc(S(=O)(=O)NC)nc1. The van der Waals surface area contributed by atoms with Crippen molar-refractivity contribution in [1.29, 1.82) is 0 Å². The van der Waals surface area contributed by atoms with Gasteiger partial charge in [-0.05, 0) is 32.2 Å². The molecule has 0 aromatic carbocycles. The van der Waals surface area contributed by atoms with Crippen LogP contribution in [0, 0.1) is 0 Å². The quantitative estimate of drug-likeness (QED) is 0.827. The summed E-state index contributed by atoms with van der Waals surface area (Å²) in [6.07, 6.45) is 2.95. The molecule has 8 nitrogen and oxygen atoms in total. The van der Waals surface area contributed by atoms with Crippen molar-refractivity contribution in [2.45, 2.75) is 25.0 Å². The number of hydrogen-bond acceptors (Lipinski definition) is 5. The van der Waals surface area contributed by atoms with Gasteiger partial charge in [0.15, 0.2) is 5.03 Å². The van der Waals surface area contributed by atoms with Crippen LogP contribution in [-0.4, -0.2) is 48.1 Å².